The zero-order valence-electron chi connectivity index (χ0n) is 10.6. The van der Waals surface area contributed by atoms with E-state index in [2.05, 4.69) is 10.1 Å². The molecule has 0 fully saturated rings. The predicted molar refractivity (Wildman–Crippen MR) is 70.2 cm³/mol. The van der Waals surface area contributed by atoms with E-state index >= 15 is 0 Å². The van der Waals surface area contributed by atoms with Gasteiger partial charge in [0.25, 0.3) is 5.91 Å². The number of halogens is 2. The van der Waals surface area contributed by atoms with Crippen LogP contribution in [-0.4, -0.2) is 16.0 Å². The molecule has 0 aliphatic rings. The van der Waals surface area contributed by atoms with E-state index in [-0.39, 0.29) is 17.0 Å². The molecule has 0 aliphatic heterocycles. The average Bonchev–Trinajstić information content (AvgIpc) is 3.09. The molecular weight excluding hydrogens is 280 g/mol. The van der Waals surface area contributed by atoms with Gasteiger partial charge in [-0.05, 0) is 18.2 Å². The maximum Gasteiger partial charge on any atom is 0.265 e. The summed E-state index contributed by atoms with van der Waals surface area (Å²) in [5.41, 5.74) is 6.41. The Labute approximate surface area is 117 Å². The highest BCUT2D eigenvalue weighted by molar-refractivity contribution is 5.93. The lowest BCUT2D eigenvalue weighted by Gasteiger charge is -2.02. The van der Waals surface area contributed by atoms with Crippen LogP contribution in [0.5, 0.6) is 0 Å². The van der Waals surface area contributed by atoms with Gasteiger partial charge >= 0.3 is 0 Å². The number of carbonyl (C=O) groups is 1. The summed E-state index contributed by atoms with van der Waals surface area (Å²) in [4.78, 5) is 13.8. The third-order valence-electron chi connectivity index (χ3n) is 3.04. The molecule has 0 bridgehead atoms. The topological polar surface area (TPSA) is 84.9 Å². The maximum atomic E-state index is 13.9. The van der Waals surface area contributed by atoms with Crippen LogP contribution in [0.4, 0.5) is 8.78 Å². The lowest BCUT2D eigenvalue weighted by Crippen LogP contribution is -2.10. The number of nitrogens with one attached hydrogen (secondary N) is 1. The van der Waals surface area contributed by atoms with Crippen molar-refractivity contribution in [2.45, 2.75) is 0 Å². The van der Waals surface area contributed by atoms with Crippen LogP contribution >= 0.6 is 0 Å². The lowest BCUT2D eigenvalue weighted by atomic mass is 10.0. The highest BCUT2D eigenvalue weighted by Gasteiger charge is 2.19. The molecule has 0 spiro atoms. The molecule has 2 heterocycles. The molecular formula is C14H9F2N3O2. The van der Waals surface area contributed by atoms with Crippen LogP contribution in [0.15, 0.2) is 41.2 Å². The normalized spacial score (nSPS) is 10.8. The number of hydrogen-bond acceptors (Lipinski definition) is 3. The second kappa shape index (κ2) is 4.86. The molecule has 0 saturated carbocycles. The molecule has 7 heteroatoms. The molecule has 1 amide bonds. The van der Waals surface area contributed by atoms with E-state index in [1.807, 2.05) is 0 Å². The maximum absolute atomic E-state index is 13.9. The molecule has 2 aromatic heterocycles. The van der Waals surface area contributed by atoms with E-state index in [9.17, 15) is 13.6 Å². The molecule has 3 rings (SSSR count). The van der Waals surface area contributed by atoms with Gasteiger partial charge in [0.1, 0.15) is 17.7 Å². The van der Waals surface area contributed by atoms with Gasteiger partial charge in [-0.2, -0.15) is 0 Å². The number of amides is 1. The van der Waals surface area contributed by atoms with Crippen LogP contribution < -0.4 is 5.73 Å². The minimum atomic E-state index is -1.02. The molecule has 0 saturated heterocycles. The minimum absolute atomic E-state index is 0.0272. The summed E-state index contributed by atoms with van der Waals surface area (Å²) in [5, 5.41) is 3.71. The molecule has 3 N–H and O–H groups in total. The number of aromatic amines is 1. The summed E-state index contributed by atoms with van der Waals surface area (Å²) in [7, 11) is 0. The Kier molecular flexibility index (Phi) is 3.02. The SMILES string of the molecule is NC(=O)c1cc(-c2conc2-c2cccc(F)c2F)c[nH]1. The van der Waals surface area contributed by atoms with Crippen molar-refractivity contribution in [2.24, 2.45) is 5.73 Å². The van der Waals surface area contributed by atoms with E-state index in [4.69, 9.17) is 10.3 Å². The molecule has 0 aliphatic carbocycles. The number of rotatable bonds is 3. The Bertz CT molecular complexity index is 823. The Balaban J connectivity index is 2.12. The largest absolute Gasteiger partial charge is 0.364 e. The van der Waals surface area contributed by atoms with Crippen molar-refractivity contribution in [3.05, 3.63) is 54.1 Å². The number of carbonyl (C=O) groups excluding carboxylic acids is 1. The molecule has 3 aromatic rings. The number of benzene rings is 1. The van der Waals surface area contributed by atoms with E-state index in [1.165, 1.54) is 30.7 Å². The fraction of sp³-hybridized carbons (Fsp3) is 0. The van der Waals surface area contributed by atoms with Crippen molar-refractivity contribution < 1.29 is 18.1 Å². The summed E-state index contributed by atoms with van der Waals surface area (Å²) in [6.07, 6.45) is 2.79. The van der Waals surface area contributed by atoms with Crippen LogP contribution in [0, 0.1) is 11.6 Å². The number of primary amides is 1. The van der Waals surface area contributed by atoms with Crippen LogP contribution in [0.3, 0.4) is 0 Å². The van der Waals surface area contributed by atoms with E-state index in [1.54, 1.807) is 0 Å². The third kappa shape index (κ3) is 2.18. The molecule has 0 unspecified atom stereocenters. The van der Waals surface area contributed by atoms with Crippen molar-refractivity contribution in [3.63, 3.8) is 0 Å². The molecule has 0 atom stereocenters. The fourth-order valence-corrected chi connectivity index (χ4v) is 2.01. The number of H-pyrrole nitrogens is 1. The summed E-state index contributed by atoms with van der Waals surface area (Å²) < 4.78 is 32.0. The van der Waals surface area contributed by atoms with E-state index in [0.29, 0.717) is 11.1 Å². The third-order valence-corrected chi connectivity index (χ3v) is 3.04. The highest BCUT2D eigenvalue weighted by atomic mass is 19.2. The van der Waals surface area contributed by atoms with Gasteiger partial charge < -0.3 is 15.2 Å². The van der Waals surface area contributed by atoms with Crippen molar-refractivity contribution in [2.75, 3.05) is 0 Å². The number of aromatic nitrogens is 2. The smallest absolute Gasteiger partial charge is 0.265 e. The van der Waals surface area contributed by atoms with Crippen molar-refractivity contribution >= 4 is 5.91 Å². The zero-order chi connectivity index (χ0) is 15.0. The van der Waals surface area contributed by atoms with Gasteiger partial charge in [0.15, 0.2) is 11.6 Å². The number of nitrogens with two attached hydrogens (primary N) is 1. The first-order valence-corrected chi connectivity index (χ1v) is 5.95. The standard InChI is InChI=1S/C14H9F2N3O2/c15-10-3-1-2-8(12(10)16)13-9(6-21-19-13)7-4-11(14(17)20)18-5-7/h1-6,18H,(H2,17,20). The fourth-order valence-electron chi connectivity index (χ4n) is 2.01. The zero-order valence-corrected chi connectivity index (χ0v) is 10.6. The first-order valence-electron chi connectivity index (χ1n) is 5.95. The van der Waals surface area contributed by atoms with Crippen molar-refractivity contribution in [1.82, 2.24) is 10.1 Å². The van der Waals surface area contributed by atoms with Gasteiger partial charge in [0, 0.05) is 17.3 Å². The van der Waals surface area contributed by atoms with Crippen molar-refractivity contribution in [3.8, 4) is 22.4 Å². The van der Waals surface area contributed by atoms with Crippen LogP contribution in [-0.2, 0) is 0 Å². The average molecular weight is 289 g/mol. The molecule has 106 valence electrons. The lowest BCUT2D eigenvalue weighted by molar-refractivity contribution is 0.0996. The summed E-state index contributed by atoms with van der Waals surface area (Å²) >= 11 is 0. The van der Waals surface area contributed by atoms with Gasteiger partial charge in [-0.15, -0.1) is 0 Å². The Hall–Kier alpha value is -2.96. The highest BCUT2D eigenvalue weighted by Crippen LogP contribution is 2.33. The summed E-state index contributed by atoms with van der Waals surface area (Å²) in [6, 6.07) is 5.26. The minimum Gasteiger partial charge on any atom is -0.364 e. The molecule has 0 radical (unpaired) electrons. The molecule has 1 aromatic carbocycles. The summed E-state index contributed by atoms with van der Waals surface area (Å²) in [5.74, 6) is -2.62. The second-order valence-corrected chi connectivity index (χ2v) is 4.34. The monoisotopic (exact) mass is 289 g/mol. The first kappa shape index (κ1) is 13.0. The Morgan fingerprint density at radius 2 is 2.10 bits per heavy atom. The predicted octanol–water partition coefficient (Wildman–Crippen LogP) is 2.71. The van der Waals surface area contributed by atoms with Gasteiger partial charge in [0.2, 0.25) is 0 Å². The van der Waals surface area contributed by atoms with Crippen LogP contribution in [0.2, 0.25) is 0 Å². The summed E-state index contributed by atoms with van der Waals surface area (Å²) in [6.45, 7) is 0. The number of hydrogen-bond donors (Lipinski definition) is 2. The second-order valence-electron chi connectivity index (χ2n) is 4.34. The number of nitrogens with zero attached hydrogens (tertiary/aromatic N) is 1. The van der Waals surface area contributed by atoms with Gasteiger partial charge in [-0.3, -0.25) is 4.79 Å². The van der Waals surface area contributed by atoms with Gasteiger partial charge in [0.05, 0.1) is 5.56 Å². The van der Waals surface area contributed by atoms with Crippen molar-refractivity contribution in [1.29, 1.82) is 0 Å². The van der Waals surface area contributed by atoms with Gasteiger partial charge in [-0.1, -0.05) is 11.2 Å². The van der Waals surface area contributed by atoms with Gasteiger partial charge in [-0.25, -0.2) is 8.78 Å². The first-order chi connectivity index (χ1) is 10.1. The van der Waals surface area contributed by atoms with Crippen LogP contribution in [0.25, 0.3) is 22.4 Å². The Morgan fingerprint density at radius 1 is 1.29 bits per heavy atom. The molecule has 5 nitrogen and oxygen atoms in total. The molecule has 21 heavy (non-hydrogen) atoms. The van der Waals surface area contributed by atoms with E-state index < -0.39 is 17.5 Å². The van der Waals surface area contributed by atoms with Crippen LogP contribution in [0.1, 0.15) is 10.5 Å². The van der Waals surface area contributed by atoms with E-state index in [0.717, 1.165) is 6.07 Å². The quantitative estimate of drug-likeness (QED) is 0.777. The Morgan fingerprint density at radius 3 is 2.81 bits per heavy atom.